The van der Waals surface area contributed by atoms with Gasteiger partial charge in [-0.05, 0) is 67.7 Å². The van der Waals surface area contributed by atoms with Crippen LogP contribution in [0.5, 0.6) is 0 Å². The van der Waals surface area contributed by atoms with Crippen LogP contribution in [0.4, 0.5) is 0 Å². The molecule has 2 aromatic rings. The number of amides is 4. The number of nitrogens with one attached hydrogen (secondary N) is 2. The molecule has 1 aromatic heterocycles. The molecule has 0 radical (unpaired) electrons. The van der Waals surface area contributed by atoms with E-state index >= 15 is 0 Å². The van der Waals surface area contributed by atoms with E-state index in [9.17, 15) is 19.2 Å². The number of aromatic nitrogens is 1. The van der Waals surface area contributed by atoms with Gasteiger partial charge in [-0.15, -0.1) is 0 Å². The molecule has 2 aliphatic rings. The van der Waals surface area contributed by atoms with Gasteiger partial charge >= 0.3 is 0 Å². The van der Waals surface area contributed by atoms with Crippen LogP contribution in [0.2, 0.25) is 0 Å². The molecule has 9 nitrogen and oxygen atoms in total. The molecule has 1 atom stereocenters. The van der Waals surface area contributed by atoms with Gasteiger partial charge in [0.05, 0.1) is 6.54 Å². The van der Waals surface area contributed by atoms with Gasteiger partial charge in [-0.1, -0.05) is 38.1 Å². The SMILES string of the molecule is CC(C)CCN1CC(=O)NC2(CCCc3ccccc32)C(=O)NCCCCN(C(=O)c2ccncc2)CC1=O. The number of benzene rings is 1. The first-order chi connectivity index (χ1) is 18.8. The molecule has 1 saturated heterocycles. The summed E-state index contributed by atoms with van der Waals surface area (Å²) >= 11 is 0. The second kappa shape index (κ2) is 12.9. The smallest absolute Gasteiger partial charge is 0.254 e. The highest BCUT2D eigenvalue weighted by Gasteiger charge is 2.44. The highest BCUT2D eigenvalue weighted by atomic mass is 16.2. The second-order valence-corrected chi connectivity index (χ2v) is 10.9. The number of carbonyl (C=O) groups is 4. The molecule has 1 fully saturated rings. The molecule has 0 bridgehead atoms. The molecule has 2 N–H and O–H groups in total. The fourth-order valence-electron chi connectivity index (χ4n) is 5.39. The first-order valence-electron chi connectivity index (χ1n) is 13.9. The molecule has 1 aromatic carbocycles. The van der Waals surface area contributed by atoms with E-state index < -0.39 is 5.54 Å². The minimum Gasteiger partial charge on any atom is -0.354 e. The maximum Gasteiger partial charge on any atom is 0.254 e. The second-order valence-electron chi connectivity index (χ2n) is 10.9. The van der Waals surface area contributed by atoms with Crippen LogP contribution in [0, 0.1) is 5.92 Å². The number of hydrogen-bond donors (Lipinski definition) is 2. The zero-order valence-electron chi connectivity index (χ0n) is 22.9. The van der Waals surface area contributed by atoms with Crippen LogP contribution in [0.1, 0.15) is 67.4 Å². The van der Waals surface area contributed by atoms with Crippen molar-refractivity contribution in [2.75, 3.05) is 32.7 Å². The molecule has 9 heteroatoms. The predicted octanol–water partition coefficient (Wildman–Crippen LogP) is 2.66. The highest BCUT2D eigenvalue weighted by molar-refractivity contribution is 5.97. The van der Waals surface area contributed by atoms with E-state index in [-0.39, 0.29) is 36.7 Å². The maximum absolute atomic E-state index is 13.7. The third-order valence-corrected chi connectivity index (χ3v) is 7.56. The van der Waals surface area contributed by atoms with Crippen molar-refractivity contribution in [3.05, 3.63) is 65.5 Å². The fraction of sp³-hybridized carbons (Fsp3) is 0.500. The molecule has 2 heterocycles. The molecule has 1 unspecified atom stereocenters. The molecule has 1 aliphatic heterocycles. The van der Waals surface area contributed by atoms with Crippen molar-refractivity contribution in [2.24, 2.45) is 5.92 Å². The minimum absolute atomic E-state index is 0.118. The number of fused-ring (bicyclic) bond motifs is 2. The third kappa shape index (κ3) is 6.82. The first kappa shape index (κ1) is 28.3. The van der Waals surface area contributed by atoms with Crippen molar-refractivity contribution in [1.29, 1.82) is 0 Å². The molecule has 208 valence electrons. The monoisotopic (exact) mass is 533 g/mol. The third-order valence-electron chi connectivity index (χ3n) is 7.56. The number of nitrogens with zero attached hydrogens (tertiary/aromatic N) is 3. The Kier molecular flexibility index (Phi) is 9.32. The van der Waals surface area contributed by atoms with Gasteiger partial charge < -0.3 is 20.4 Å². The molecular weight excluding hydrogens is 494 g/mol. The van der Waals surface area contributed by atoms with Crippen molar-refractivity contribution in [1.82, 2.24) is 25.4 Å². The van der Waals surface area contributed by atoms with Gasteiger partial charge in [0.15, 0.2) is 0 Å². The summed E-state index contributed by atoms with van der Waals surface area (Å²) < 4.78 is 0. The first-order valence-corrected chi connectivity index (χ1v) is 13.9. The molecular formula is C30H39N5O4. The molecule has 4 rings (SSSR count). The lowest BCUT2D eigenvalue weighted by Gasteiger charge is -2.39. The van der Waals surface area contributed by atoms with Crippen LogP contribution in [-0.4, -0.2) is 71.1 Å². The quantitative estimate of drug-likeness (QED) is 0.628. The molecule has 0 saturated carbocycles. The zero-order valence-corrected chi connectivity index (χ0v) is 22.9. The lowest BCUT2D eigenvalue weighted by atomic mass is 9.75. The van der Waals surface area contributed by atoms with Gasteiger partial charge in [0.1, 0.15) is 12.1 Å². The van der Waals surface area contributed by atoms with Gasteiger partial charge in [-0.2, -0.15) is 0 Å². The molecule has 39 heavy (non-hydrogen) atoms. The van der Waals surface area contributed by atoms with Gasteiger partial charge in [0, 0.05) is 37.6 Å². The normalized spacial score (nSPS) is 21.3. The molecule has 1 spiro atoms. The van der Waals surface area contributed by atoms with Gasteiger partial charge in [-0.25, -0.2) is 0 Å². The van der Waals surface area contributed by atoms with E-state index in [1.54, 1.807) is 24.5 Å². The van der Waals surface area contributed by atoms with E-state index in [1.807, 2.05) is 24.3 Å². The van der Waals surface area contributed by atoms with Crippen LogP contribution in [0.15, 0.2) is 48.8 Å². The average Bonchev–Trinajstić information content (AvgIpc) is 2.93. The fourth-order valence-corrected chi connectivity index (χ4v) is 5.39. The Bertz CT molecular complexity index is 1180. The summed E-state index contributed by atoms with van der Waals surface area (Å²) in [6.45, 7) is 4.98. The molecule has 4 amide bonds. The van der Waals surface area contributed by atoms with Gasteiger partial charge in [0.25, 0.3) is 5.91 Å². The van der Waals surface area contributed by atoms with E-state index in [0.29, 0.717) is 56.8 Å². The van der Waals surface area contributed by atoms with E-state index in [4.69, 9.17) is 0 Å². The van der Waals surface area contributed by atoms with Crippen LogP contribution >= 0.6 is 0 Å². The Balaban J connectivity index is 1.62. The van der Waals surface area contributed by atoms with Gasteiger partial charge in [0.2, 0.25) is 17.7 Å². The lowest BCUT2D eigenvalue weighted by Crippen LogP contribution is -2.60. The van der Waals surface area contributed by atoms with Gasteiger partial charge in [-0.3, -0.25) is 24.2 Å². The van der Waals surface area contributed by atoms with Crippen LogP contribution in [-0.2, 0) is 26.3 Å². The molecule has 1 aliphatic carbocycles. The van der Waals surface area contributed by atoms with E-state index in [1.165, 1.54) is 9.80 Å². The minimum atomic E-state index is -1.17. The Hall–Kier alpha value is -3.75. The summed E-state index contributed by atoms with van der Waals surface area (Å²) in [5.74, 6) is -0.834. The summed E-state index contributed by atoms with van der Waals surface area (Å²) in [5.41, 5.74) is 1.16. The Labute approximate surface area is 230 Å². The largest absolute Gasteiger partial charge is 0.354 e. The van der Waals surface area contributed by atoms with Crippen LogP contribution in [0.25, 0.3) is 0 Å². The maximum atomic E-state index is 13.7. The standard InChI is InChI=1S/C30H39N5O4/c1-22(2)13-19-34-20-26(36)33-30(14-7-9-23-8-3-4-10-25(23)30)29(39)32-15-5-6-18-35(21-27(34)37)28(38)24-11-16-31-17-12-24/h3-4,8,10-12,16-17,22H,5-7,9,13-15,18-21H2,1-2H3,(H,32,39)(H,33,36). The lowest BCUT2D eigenvalue weighted by molar-refractivity contribution is -0.139. The van der Waals surface area contributed by atoms with E-state index in [2.05, 4.69) is 29.5 Å². The number of pyridine rings is 1. The number of aryl methyl sites for hydroxylation is 1. The van der Waals surface area contributed by atoms with Crippen molar-refractivity contribution < 1.29 is 19.2 Å². The number of rotatable bonds is 4. The van der Waals surface area contributed by atoms with Crippen molar-refractivity contribution in [2.45, 2.75) is 57.9 Å². The Morgan fingerprint density at radius 1 is 1.03 bits per heavy atom. The summed E-state index contributed by atoms with van der Waals surface area (Å²) in [6, 6.07) is 11.0. The number of hydrogen-bond acceptors (Lipinski definition) is 5. The topological polar surface area (TPSA) is 112 Å². The summed E-state index contributed by atoms with van der Waals surface area (Å²) in [7, 11) is 0. The summed E-state index contributed by atoms with van der Waals surface area (Å²) in [5, 5.41) is 6.11. The Morgan fingerprint density at radius 2 is 1.79 bits per heavy atom. The zero-order chi connectivity index (χ0) is 27.8. The van der Waals surface area contributed by atoms with Crippen molar-refractivity contribution >= 4 is 23.6 Å². The van der Waals surface area contributed by atoms with E-state index in [0.717, 1.165) is 24.0 Å². The average molecular weight is 534 g/mol. The van der Waals surface area contributed by atoms with Crippen molar-refractivity contribution in [3.63, 3.8) is 0 Å². The van der Waals surface area contributed by atoms with Crippen LogP contribution < -0.4 is 10.6 Å². The predicted molar refractivity (Wildman–Crippen MR) is 148 cm³/mol. The Morgan fingerprint density at radius 3 is 2.56 bits per heavy atom. The summed E-state index contributed by atoms with van der Waals surface area (Å²) in [4.78, 5) is 61.1. The van der Waals surface area contributed by atoms with Crippen molar-refractivity contribution in [3.8, 4) is 0 Å². The van der Waals surface area contributed by atoms with Crippen LogP contribution in [0.3, 0.4) is 0 Å². The highest BCUT2D eigenvalue weighted by Crippen LogP contribution is 2.36. The summed E-state index contributed by atoms with van der Waals surface area (Å²) in [6.07, 6.45) is 7.17. The number of carbonyl (C=O) groups excluding carboxylic acids is 4.